The number of terminal acetylenes is 1. The SMILES string of the molecule is C#CCC(CC)Nc1ccc([N+](=O)[O-])c(OCC)c1. The highest BCUT2D eigenvalue weighted by Crippen LogP contribution is 2.30. The van der Waals surface area contributed by atoms with Gasteiger partial charge in [0.1, 0.15) is 0 Å². The fourth-order valence-electron chi connectivity index (χ4n) is 1.70. The molecule has 0 aliphatic rings. The monoisotopic (exact) mass is 262 g/mol. The summed E-state index contributed by atoms with van der Waals surface area (Å²) >= 11 is 0. The van der Waals surface area contributed by atoms with E-state index in [0.29, 0.717) is 13.0 Å². The summed E-state index contributed by atoms with van der Waals surface area (Å²) in [6.07, 6.45) is 6.78. The third kappa shape index (κ3) is 4.18. The molecule has 5 heteroatoms. The number of rotatable bonds is 7. The van der Waals surface area contributed by atoms with E-state index in [1.54, 1.807) is 19.1 Å². The fraction of sp³-hybridized carbons (Fsp3) is 0.429. The van der Waals surface area contributed by atoms with Crippen LogP contribution >= 0.6 is 0 Å². The predicted molar refractivity (Wildman–Crippen MR) is 75.4 cm³/mol. The Hall–Kier alpha value is -2.22. The van der Waals surface area contributed by atoms with Crippen LogP contribution < -0.4 is 10.1 Å². The Morgan fingerprint density at radius 3 is 2.79 bits per heavy atom. The molecule has 0 radical (unpaired) electrons. The van der Waals surface area contributed by atoms with Crippen molar-refractivity contribution in [1.29, 1.82) is 0 Å². The molecule has 1 unspecified atom stereocenters. The Bertz CT molecular complexity index is 480. The lowest BCUT2D eigenvalue weighted by molar-refractivity contribution is -0.385. The van der Waals surface area contributed by atoms with Crippen LogP contribution in [0.4, 0.5) is 11.4 Å². The summed E-state index contributed by atoms with van der Waals surface area (Å²) in [5.41, 5.74) is 0.744. The van der Waals surface area contributed by atoms with Gasteiger partial charge in [0, 0.05) is 30.3 Å². The van der Waals surface area contributed by atoms with Gasteiger partial charge in [-0.2, -0.15) is 0 Å². The zero-order valence-electron chi connectivity index (χ0n) is 11.2. The van der Waals surface area contributed by atoms with Crippen molar-refractivity contribution in [2.75, 3.05) is 11.9 Å². The minimum absolute atomic E-state index is 0.0302. The second kappa shape index (κ2) is 7.27. The highest BCUT2D eigenvalue weighted by Gasteiger charge is 2.16. The molecule has 0 amide bonds. The van der Waals surface area contributed by atoms with Gasteiger partial charge < -0.3 is 10.1 Å². The van der Waals surface area contributed by atoms with Gasteiger partial charge in [0.05, 0.1) is 11.5 Å². The maximum absolute atomic E-state index is 10.9. The molecule has 0 aliphatic carbocycles. The van der Waals surface area contributed by atoms with Crippen LogP contribution in [0.15, 0.2) is 18.2 Å². The molecule has 19 heavy (non-hydrogen) atoms. The van der Waals surface area contributed by atoms with E-state index in [9.17, 15) is 10.1 Å². The standard InChI is InChI=1S/C14H18N2O3/c1-4-7-11(5-2)15-12-8-9-13(16(17)18)14(10-12)19-6-3/h1,8-11,15H,5-7H2,2-3H3. The van der Waals surface area contributed by atoms with Gasteiger partial charge in [-0.1, -0.05) is 6.92 Å². The van der Waals surface area contributed by atoms with Crippen molar-refractivity contribution in [2.45, 2.75) is 32.7 Å². The first-order valence-electron chi connectivity index (χ1n) is 6.23. The number of anilines is 1. The summed E-state index contributed by atoms with van der Waals surface area (Å²) in [5, 5.41) is 14.1. The molecular weight excluding hydrogens is 244 g/mol. The van der Waals surface area contributed by atoms with Crippen molar-refractivity contribution in [3.05, 3.63) is 28.3 Å². The number of nitro benzene ring substituents is 1. The molecule has 0 fully saturated rings. The van der Waals surface area contributed by atoms with Crippen molar-refractivity contribution >= 4 is 11.4 Å². The molecule has 102 valence electrons. The number of hydrogen-bond acceptors (Lipinski definition) is 4. The first kappa shape index (κ1) is 14.8. The lowest BCUT2D eigenvalue weighted by atomic mass is 10.1. The lowest BCUT2D eigenvalue weighted by Crippen LogP contribution is -2.17. The molecule has 1 aromatic carbocycles. The average molecular weight is 262 g/mol. The van der Waals surface area contributed by atoms with Crippen LogP contribution in [0.25, 0.3) is 0 Å². The van der Waals surface area contributed by atoms with E-state index in [0.717, 1.165) is 12.1 Å². The molecule has 0 saturated carbocycles. The van der Waals surface area contributed by atoms with Crippen molar-refractivity contribution in [3.63, 3.8) is 0 Å². The van der Waals surface area contributed by atoms with Crippen LogP contribution in [-0.2, 0) is 0 Å². The fourth-order valence-corrected chi connectivity index (χ4v) is 1.70. The highest BCUT2D eigenvalue weighted by molar-refractivity contribution is 5.58. The molecule has 0 bridgehead atoms. The number of nitrogens with zero attached hydrogens (tertiary/aromatic N) is 1. The van der Waals surface area contributed by atoms with Gasteiger partial charge in [-0.25, -0.2) is 0 Å². The van der Waals surface area contributed by atoms with Crippen LogP contribution in [0.5, 0.6) is 5.75 Å². The number of nitro groups is 1. The van der Waals surface area contributed by atoms with Crippen molar-refractivity contribution in [2.24, 2.45) is 0 Å². The molecule has 0 saturated heterocycles. The minimum atomic E-state index is -0.451. The van der Waals surface area contributed by atoms with E-state index in [1.807, 2.05) is 6.92 Å². The molecule has 1 atom stereocenters. The third-order valence-electron chi connectivity index (χ3n) is 2.68. The zero-order valence-corrected chi connectivity index (χ0v) is 11.2. The van der Waals surface area contributed by atoms with E-state index in [2.05, 4.69) is 11.2 Å². The number of ether oxygens (including phenoxy) is 1. The largest absolute Gasteiger partial charge is 0.487 e. The Morgan fingerprint density at radius 1 is 1.53 bits per heavy atom. The Kier molecular flexibility index (Phi) is 5.68. The summed E-state index contributed by atoms with van der Waals surface area (Å²) in [5.74, 6) is 2.88. The van der Waals surface area contributed by atoms with Crippen molar-refractivity contribution in [1.82, 2.24) is 0 Å². The molecular formula is C14H18N2O3. The third-order valence-corrected chi connectivity index (χ3v) is 2.68. The van der Waals surface area contributed by atoms with Crippen LogP contribution in [0.2, 0.25) is 0 Å². The second-order valence-corrected chi connectivity index (χ2v) is 4.03. The van der Waals surface area contributed by atoms with Gasteiger partial charge in [0.2, 0.25) is 0 Å². The molecule has 1 N–H and O–H groups in total. The van der Waals surface area contributed by atoms with E-state index in [-0.39, 0.29) is 17.5 Å². The first-order chi connectivity index (χ1) is 9.12. The van der Waals surface area contributed by atoms with Crippen molar-refractivity contribution < 1.29 is 9.66 Å². The molecule has 0 aromatic heterocycles. The predicted octanol–water partition coefficient (Wildman–Crippen LogP) is 3.21. The van der Waals surface area contributed by atoms with Gasteiger partial charge in [0.15, 0.2) is 5.75 Å². The summed E-state index contributed by atoms with van der Waals surface area (Å²) in [6.45, 7) is 4.20. The Balaban J connectivity index is 2.95. The molecule has 1 aromatic rings. The molecule has 0 heterocycles. The lowest BCUT2D eigenvalue weighted by Gasteiger charge is -2.16. The molecule has 0 aliphatic heterocycles. The quantitative estimate of drug-likeness (QED) is 0.465. The van der Waals surface area contributed by atoms with E-state index in [1.165, 1.54) is 6.07 Å². The van der Waals surface area contributed by atoms with Gasteiger partial charge in [-0.3, -0.25) is 10.1 Å². The van der Waals surface area contributed by atoms with Crippen LogP contribution in [0.3, 0.4) is 0 Å². The molecule has 0 spiro atoms. The van der Waals surface area contributed by atoms with E-state index < -0.39 is 4.92 Å². The summed E-state index contributed by atoms with van der Waals surface area (Å²) in [6, 6.07) is 4.90. The smallest absolute Gasteiger partial charge is 0.311 e. The number of nitrogens with one attached hydrogen (secondary N) is 1. The summed E-state index contributed by atoms with van der Waals surface area (Å²) in [7, 11) is 0. The maximum Gasteiger partial charge on any atom is 0.311 e. The van der Waals surface area contributed by atoms with Gasteiger partial charge in [-0.05, 0) is 19.4 Å². The van der Waals surface area contributed by atoms with E-state index in [4.69, 9.17) is 11.2 Å². The summed E-state index contributed by atoms with van der Waals surface area (Å²) in [4.78, 5) is 10.4. The number of hydrogen-bond donors (Lipinski definition) is 1. The van der Waals surface area contributed by atoms with E-state index >= 15 is 0 Å². The van der Waals surface area contributed by atoms with Crippen LogP contribution in [0, 0.1) is 22.5 Å². The van der Waals surface area contributed by atoms with Crippen LogP contribution in [-0.4, -0.2) is 17.6 Å². The zero-order chi connectivity index (χ0) is 14.3. The molecule has 5 nitrogen and oxygen atoms in total. The van der Waals surface area contributed by atoms with Gasteiger partial charge >= 0.3 is 5.69 Å². The summed E-state index contributed by atoms with van der Waals surface area (Å²) < 4.78 is 5.29. The average Bonchev–Trinajstić information content (AvgIpc) is 2.38. The van der Waals surface area contributed by atoms with Crippen LogP contribution in [0.1, 0.15) is 26.7 Å². The Morgan fingerprint density at radius 2 is 2.26 bits per heavy atom. The second-order valence-electron chi connectivity index (χ2n) is 4.03. The van der Waals surface area contributed by atoms with Gasteiger partial charge in [0.25, 0.3) is 0 Å². The molecule has 1 rings (SSSR count). The normalized spacial score (nSPS) is 11.4. The maximum atomic E-state index is 10.9. The van der Waals surface area contributed by atoms with Crippen molar-refractivity contribution in [3.8, 4) is 18.1 Å². The number of benzene rings is 1. The topological polar surface area (TPSA) is 64.4 Å². The highest BCUT2D eigenvalue weighted by atomic mass is 16.6. The Labute approximate surface area is 113 Å². The first-order valence-corrected chi connectivity index (χ1v) is 6.23. The van der Waals surface area contributed by atoms with Gasteiger partial charge in [-0.15, -0.1) is 12.3 Å². The minimum Gasteiger partial charge on any atom is -0.487 e.